The maximum absolute atomic E-state index is 3.83. The van der Waals surface area contributed by atoms with Crippen LogP contribution in [0.5, 0.6) is 0 Å². The Balaban J connectivity index is 0. The first-order valence-electron chi connectivity index (χ1n) is 5.21. The van der Waals surface area contributed by atoms with Crippen LogP contribution in [0.25, 0.3) is 0 Å². The van der Waals surface area contributed by atoms with Crippen LogP contribution in [0.2, 0.25) is 0 Å². The molecule has 0 atom stereocenters. The molecule has 0 saturated heterocycles. The monoisotopic (exact) mass is 196 g/mol. The standard InChI is InChI=1S/2C7H14/c2*1-6(2)7(3,4)5/h2*1H2,2-5H3. The fourth-order valence-electron chi connectivity index (χ4n) is 0. The van der Waals surface area contributed by atoms with Crippen molar-refractivity contribution >= 4 is 0 Å². The quantitative estimate of drug-likeness (QED) is 0.466. The first-order valence-corrected chi connectivity index (χ1v) is 5.21. The molecule has 0 fully saturated rings. The highest BCUT2D eigenvalue weighted by Gasteiger charge is 2.09. The summed E-state index contributed by atoms with van der Waals surface area (Å²) in [5.74, 6) is 0. The minimum absolute atomic E-state index is 0.306. The molecule has 0 unspecified atom stereocenters. The molecule has 0 N–H and O–H groups in total. The second kappa shape index (κ2) is 5.38. The Hall–Kier alpha value is -0.520. The van der Waals surface area contributed by atoms with E-state index in [0.29, 0.717) is 10.8 Å². The van der Waals surface area contributed by atoms with Crippen molar-refractivity contribution in [2.24, 2.45) is 10.8 Å². The van der Waals surface area contributed by atoms with Gasteiger partial charge in [-0.1, -0.05) is 65.8 Å². The Morgan fingerprint density at radius 2 is 0.714 bits per heavy atom. The molecule has 0 aliphatic carbocycles. The molecule has 0 amide bonds. The second-order valence-corrected chi connectivity index (χ2v) is 6.06. The average molecular weight is 196 g/mol. The van der Waals surface area contributed by atoms with Crippen molar-refractivity contribution in [1.82, 2.24) is 0 Å². The van der Waals surface area contributed by atoms with Crippen molar-refractivity contribution < 1.29 is 0 Å². The molecule has 0 heterocycles. The molecule has 0 aromatic heterocycles. The van der Waals surface area contributed by atoms with Crippen molar-refractivity contribution in [3.05, 3.63) is 24.3 Å². The number of rotatable bonds is 0. The largest absolute Gasteiger partial charge is 0.0996 e. The molecule has 0 saturated carbocycles. The van der Waals surface area contributed by atoms with Crippen LogP contribution in [0.1, 0.15) is 55.4 Å². The van der Waals surface area contributed by atoms with Gasteiger partial charge in [-0.15, -0.1) is 0 Å². The molecule has 84 valence electrons. The van der Waals surface area contributed by atoms with E-state index < -0.39 is 0 Å². The van der Waals surface area contributed by atoms with Crippen molar-refractivity contribution in [3.8, 4) is 0 Å². The van der Waals surface area contributed by atoms with Crippen LogP contribution < -0.4 is 0 Å². The van der Waals surface area contributed by atoms with Gasteiger partial charge < -0.3 is 0 Å². The van der Waals surface area contributed by atoms with Crippen LogP contribution in [-0.4, -0.2) is 0 Å². The van der Waals surface area contributed by atoms with Gasteiger partial charge in [-0.3, -0.25) is 0 Å². The summed E-state index contributed by atoms with van der Waals surface area (Å²) in [6.07, 6.45) is 0. The van der Waals surface area contributed by atoms with Crippen LogP contribution in [0.3, 0.4) is 0 Å². The molecule has 0 rings (SSSR count). The Morgan fingerprint density at radius 1 is 0.643 bits per heavy atom. The summed E-state index contributed by atoms with van der Waals surface area (Å²) < 4.78 is 0. The van der Waals surface area contributed by atoms with Gasteiger partial charge in [0.05, 0.1) is 0 Å². The maximum Gasteiger partial charge on any atom is -0.0178 e. The Kier molecular flexibility index (Phi) is 6.13. The fraction of sp³-hybridized carbons (Fsp3) is 0.714. The molecule has 0 spiro atoms. The molecule has 0 bridgehead atoms. The zero-order valence-electron chi connectivity index (χ0n) is 11.4. The molecule has 0 aliphatic rings. The molecule has 0 nitrogen and oxygen atoms in total. The van der Waals surface area contributed by atoms with Crippen molar-refractivity contribution in [2.75, 3.05) is 0 Å². The van der Waals surface area contributed by atoms with Gasteiger partial charge in [-0.25, -0.2) is 0 Å². The normalized spacial score (nSPS) is 11.4. The molecule has 0 aliphatic heterocycles. The predicted molar refractivity (Wildman–Crippen MR) is 68.5 cm³/mol. The molecular weight excluding hydrogens is 168 g/mol. The number of hydrogen-bond donors (Lipinski definition) is 0. The van der Waals surface area contributed by atoms with Gasteiger partial charge in [-0.2, -0.15) is 0 Å². The summed E-state index contributed by atoms with van der Waals surface area (Å²) in [6.45, 7) is 24.7. The lowest BCUT2D eigenvalue weighted by atomic mass is 9.89. The van der Waals surface area contributed by atoms with E-state index in [1.807, 2.05) is 0 Å². The molecule has 14 heavy (non-hydrogen) atoms. The topological polar surface area (TPSA) is 0 Å². The Bertz CT molecular complexity index is 169. The SMILES string of the molecule is C=C(C)C(C)(C)C.C=C(C)C(C)(C)C. The van der Waals surface area contributed by atoms with E-state index in [1.165, 1.54) is 11.1 Å². The molecule has 0 aromatic rings. The third-order valence-corrected chi connectivity index (χ3v) is 2.56. The smallest absolute Gasteiger partial charge is 0.0178 e. The van der Waals surface area contributed by atoms with Crippen molar-refractivity contribution in [2.45, 2.75) is 55.4 Å². The third kappa shape index (κ3) is 9.57. The highest BCUT2D eigenvalue weighted by Crippen LogP contribution is 2.22. The first kappa shape index (κ1) is 15.9. The highest BCUT2D eigenvalue weighted by atomic mass is 14.1. The average Bonchev–Trinajstić information content (AvgIpc) is 1.83. The van der Waals surface area contributed by atoms with Crippen molar-refractivity contribution in [3.63, 3.8) is 0 Å². The molecule has 0 aromatic carbocycles. The summed E-state index contributed by atoms with van der Waals surface area (Å²) in [4.78, 5) is 0. The predicted octanol–water partition coefficient (Wildman–Crippen LogP) is 5.22. The highest BCUT2D eigenvalue weighted by molar-refractivity contribution is 5.00. The van der Waals surface area contributed by atoms with Crippen LogP contribution >= 0.6 is 0 Å². The van der Waals surface area contributed by atoms with Crippen LogP contribution in [0.15, 0.2) is 24.3 Å². The zero-order chi connectivity index (χ0) is 12.2. The summed E-state index contributed by atoms with van der Waals surface area (Å²) >= 11 is 0. The van der Waals surface area contributed by atoms with E-state index >= 15 is 0 Å². The lowest BCUT2D eigenvalue weighted by molar-refractivity contribution is 0.506. The molecule has 0 radical (unpaired) electrons. The van der Waals surface area contributed by atoms with Gasteiger partial charge in [0.1, 0.15) is 0 Å². The Morgan fingerprint density at radius 3 is 0.714 bits per heavy atom. The van der Waals surface area contributed by atoms with E-state index in [0.717, 1.165) is 0 Å². The van der Waals surface area contributed by atoms with E-state index in [2.05, 4.69) is 68.5 Å². The van der Waals surface area contributed by atoms with Gasteiger partial charge in [0.15, 0.2) is 0 Å². The minimum Gasteiger partial charge on any atom is -0.0996 e. The van der Waals surface area contributed by atoms with Crippen molar-refractivity contribution in [1.29, 1.82) is 0 Å². The van der Waals surface area contributed by atoms with E-state index in [-0.39, 0.29) is 0 Å². The second-order valence-electron chi connectivity index (χ2n) is 6.06. The maximum atomic E-state index is 3.83. The summed E-state index contributed by atoms with van der Waals surface area (Å²) in [6, 6.07) is 0. The Labute approximate surface area is 91.1 Å². The van der Waals surface area contributed by atoms with E-state index in [1.54, 1.807) is 0 Å². The lowest BCUT2D eigenvalue weighted by Crippen LogP contribution is -2.04. The van der Waals surface area contributed by atoms with Gasteiger partial charge in [0, 0.05) is 0 Å². The summed E-state index contributed by atoms with van der Waals surface area (Å²) in [5.41, 5.74) is 3.10. The first-order chi connectivity index (χ1) is 5.89. The van der Waals surface area contributed by atoms with Crippen LogP contribution in [0, 0.1) is 10.8 Å². The van der Waals surface area contributed by atoms with E-state index in [9.17, 15) is 0 Å². The summed E-state index contributed by atoms with van der Waals surface area (Å²) in [5, 5.41) is 0. The van der Waals surface area contributed by atoms with Gasteiger partial charge in [0.2, 0.25) is 0 Å². The fourth-order valence-corrected chi connectivity index (χ4v) is 0. The third-order valence-electron chi connectivity index (χ3n) is 2.56. The molecular formula is C14H28. The van der Waals surface area contributed by atoms with Gasteiger partial charge >= 0.3 is 0 Å². The van der Waals surface area contributed by atoms with Gasteiger partial charge in [0.25, 0.3) is 0 Å². The van der Waals surface area contributed by atoms with Crippen LogP contribution in [0.4, 0.5) is 0 Å². The summed E-state index contributed by atoms with van der Waals surface area (Å²) in [7, 11) is 0. The minimum atomic E-state index is 0.306. The number of allylic oxidation sites excluding steroid dienone is 2. The van der Waals surface area contributed by atoms with Crippen LogP contribution in [-0.2, 0) is 0 Å². The van der Waals surface area contributed by atoms with E-state index in [4.69, 9.17) is 0 Å². The van der Waals surface area contributed by atoms with Gasteiger partial charge in [-0.05, 0) is 24.7 Å². The number of hydrogen-bond acceptors (Lipinski definition) is 0. The zero-order valence-corrected chi connectivity index (χ0v) is 11.4. The molecule has 0 heteroatoms. The lowest BCUT2D eigenvalue weighted by Gasteiger charge is -2.16.